The second-order valence-electron chi connectivity index (χ2n) is 6.95. The quantitative estimate of drug-likeness (QED) is 0.870. The second kappa shape index (κ2) is 7.21. The minimum atomic E-state index is 0.619. The van der Waals surface area contributed by atoms with Crippen LogP contribution in [0.2, 0.25) is 0 Å². The van der Waals surface area contributed by atoms with Gasteiger partial charge >= 0.3 is 0 Å². The summed E-state index contributed by atoms with van der Waals surface area (Å²) in [6.07, 6.45) is 6.87. The summed E-state index contributed by atoms with van der Waals surface area (Å²) >= 11 is 0. The van der Waals surface area contributed by atoms with Crippen molar-refractivity contribution in [3.05, 3.63) is 12.2 Å². The first-order chi connectivity index (χ1) is 9.60. The molecule has 114 valence electrons. The molecule has 0 radical (unpaired) electrons. The van der Waals surface area contributed by atoms with Crippen LogP contribution in [0, 0.1) is 23.7 Å². The summed E-state index contributed by atoms with van der Waals surface area (Å²) in [5.74, 6) is 4.20. The molecule has 0 aliphatic heterocycles. The zero-order valence-corrected chi connectivity index (χ0v) is 13.5. The molecular weight excluding hydrogens is 248 g/mol. The molecule has 1 aromatic rings. The van der Waals surface area contributed by atoms with Gasteiger partial charge in [0.15, 0.2) is 0 Å². The number of hydrogen-bond acceptors (Lipinski definition) is 3. The average Bonchev–Trinajstić information content (AvgIpc) is 2.79. The molecule has 0 aromatic carbocycles. The lowest BCUT2D eigenvalue weighted by Crippen LogP contribution is -2.33. The maximum absolute atomic E-state index is 4.51. The largest absolute Gasteiger partial charge is 0.319 e. The summed E-state index contributed by atoms with van der Waals surface area (Å²) in [4.78, 5) is 4.51. The smallest absolute Gasteiger partial charge is 0.138 e. The van der Waals surface area contributed by atoms with Crippen molar-refractivity contribution in [1.82, 2.24) is 20.1 Å². The van der Waals surface area contributed by atoms with Crippen molar-refractivity contribution >= 4 is 0 Å². The lowest BCUT2D eigenvalue weighted by molar-refractivity contribution is 0.182. The van der Waals surface area contributed by atoms with Gasteiger partial charge in [-0.2, -0.15) is 5.10 Å². The third-order valence-electron chi connectivity index (χ3n) is 4.55. The van der Waals surface area contributed by atoms with Gasteiger partial charge in [-0.15, -0.1) is 0 Å². The Hall–Kier alpha value is -0.900. The molecule has 4 heteroatoms. The summed E-state index contributed by atoms with van der Waals surface area (Å²) in [6, 6.07) is 0. The van der Waals surface area contributed by atoms with Crippen LogP contribution >= 0.6 is 0 Å². The number of rotatable bonds is 6. The lowest BCUT2D eigenvalue weighted by Gasteiger charge is -2.34. The van der Waals surface area contributed by atoms with Crippen molar-refractivity contribution in [2.75, 3.05) is 13.6 Å². The van der Waals surface area contributed by atoms with Gasteiger partial charge in [-0.1, -0.05) is 27.2 Å². The highest BCUT2D eigenvalue weighted by atomic mass is 15.3. The van der Waals surface area contributed by atoms with Gasteiger partial charge in [-0.3, -0.25) is 0 Å². The predicted octanol–water partition coefficient (Wildman–Crippen LogP) is 2.75. The van der Waals surface area contributed by atoms with Crippen LogP contribution in [0.5, 0.6) is 0 Å². The van der Waals surface area contributed by atoms with Gasteiger partial charge < -0.3 is 5.32 Å². The monoisotopic (exact) mass is 278 g/mol. The number of aromatic nitrogens is 3. The minimum Gasteiger partial charge on any atom is -0.319 e. The molecule has 20 heavy (non-hydrogen) atoms. The molecule has 1 N–H and O–H groups in total. The van der Waals surface area contributed by atoms with Crippen LogP contribution in [0.1, 0.15) is 45.9 Å². The first-order valence-electron chi connectivity index (χ1n) is 8.11. The fourth-order valence-corrected chi connectivity index (χ4v) is 3.52. The SMILES string of the molecule is CNCC1CCC(C)CC1Cc1ncnn1CC(C)C. The molecule has 1 aliphatic rings. The van der Waals surface area contributed by atoms with Crippen LogP contribution in [0.25, 0.3) is 0 Å². The molecule has 3 atom stereocenters. The van der Waals surface area contributed by atoms with Gasteiger partial charge in [0.2, 0.25) is 0 Å². The molecule has 0 spiro atoms. The number of nitrogens with zero attached hydrogens (tertiary/aromatic N) is 3. The van der Waals surface area contributed by atoms with E-state index in [0.29, 0.717) is 5.92 Å². The van der Waals surface area contributed by atoms with Crippen molar-refractivity contribution in [1.29, 1.82) is 0 Å². The predicted molar refractivity (Wildman–Crippen MR) is 82.5 cm³/mol. The van der Waals surface area contributed by atoms with E-state index in [2.05, 4.69) is 47.9 Å². The Kier molecular flexibility index (Phi) is 5.58. The van der Waals surface area contributed by atoms with Gasteiger partial charge in [0, 0.05) is 13.0 Å². The van der Waals surface area contributed by atoms with E-state index in [1.165, 1.54) is 25.1 Å². The Morgan fingerprint density at radius 2 is 2.15 bits per heavy atom. The number of nitrogens with one attached hydrogen (secondary N) is 1. The third-order valence-corrected chi connectivity index (χ3v) is 4.55. The maximum atomic E-state index is 4.51. The van der Waals surface area contributed by atoms with Crippen LogP contribution < -0.4 is 5.32 Å². The molecule has 1 heterocycles. The number of hydrogen-bond donors (Lipinski definition) is 1. The van der Waals surface area contributed by atoms with Crippen LogP contribution in [-0.4, -0.2) is 28.4 Å². The summed E-state index contributed by atoms with van der Waals surface area (Å²) in [7, 11) is 2.07. The Bertz CT molecular complexity index is 399. The lowest BCUT2D eigenvalue weighted by atomic mass is 9.73. The zero-order valence-electron chi connectivity index (χ0n) is 13.5. The molecule has 0 bridgehead atoms. The van der Waals surface area contributed by atoms with E-state index in [-0.39, 0.29) is 0 Å². The summed E-state index contributed by atoms with van der Waals surface area (Å²) in [5.41, 5.74) is 0. The van der Waals surface area contributed by atoms with Crippen molar-refractivity contribution in [2.45, 2.75) is 53.0 Å². The maximum Gasteiger partial charge on any atom is 0.138 e. The van der Waals surface area contributed by atoms with E-state index in [0.717, 1.165) is 37.3 Å². The van der Waals surface area contributed by atoms with Crippen LogP contribution in [0.15, 0.2) is 6.33 Å². The zero-order chi connectivity index (χ0) is 14.5. The molecule has 4 nitrogen and oxygen atoms in total. The van der Waals surface area contributed by atoms with E-state index in [9.17, 15) is 0 Å². The summed E-state index contributed by atoms with van der Waals surface area (Å²) < 4.78 is 2.11. The van der Waals surface area contributed by atoms with Crippen molar-refractivity contribution < 1.29 is 0 Å². The fourth-order valence-electron chi connectivity index (χ4n) is 3.52. The standard InChI is InChI=1S/C16H30N4/c1-12(2)10-20-16(18-11-19-20)8-15-7-13(3)5-6-14(15)9-17-4/h11-15,17H,5-10H2,1-4H3. The van der Waals surface area contributed by atoms with Crippen LogP contribution in [0.3, 0.4) is 0 Å². The molecule has 1 aliphatic carbocycles. The van der Waals surface area contributed by atoms with Gasteiger partial charge in [0.25, 0.3) is 0 Å². The highest BCUT2D eigenvalue weighted by Crippen LogP contribution is 2.35. The van der Waals surface area contributed by atoms with Gasteiger partial charge in [-0.25, -0.2) is 9.67 Å². The molecule has 3 unspecified atom stereocenters. The Labute approximate surface area is 123 Å². The Morgan fingerprint density at radius 1 is 1.35 bits per heavy atom. The second-order valence-corrected chi connectivity index (χ2v) is 6.95. The molecule has 2 rings (SSSR count). The van der Waals surface area contributed by atoms with Gasteiger partial charge in [0.1, 0.15) is 12.2 Å². The van der Waals surface area contributed by atoms with E-state index in [1.807, 2.05) is 0 Å². The van der Waals surface area contributed by atoms with Crippen molar-refractivity contribution in [3.8, 4) is 0 Å². The fraction of sp³-hybridized carbons (Fsp3) is 0.875. The Morgan fingerprint density at radius 3 is 2.85 bits per heavy atom. The molecule has 0 amide bonds. The normalized spacial score (nSPS) is 27.1. The van der Waals surface area contributed by atoms with E-state index < -0.39 is 0 Å². The van der Waals surface area contributed by atoms with Crippen molar-refractivity contribution in [2.24, 2.45) is 23.7 Å². The highest BCUT2D eigenvalue weighted by molar-refractivity contribution is 4.92. The van der Waals surface area contributed by atoms with E-state index >= 15 is 0 Å². The van der Waals surface area contributed by atoms with Gasteiger partial charge in [0.05, 0.1) is 0 Å². The topological polar surface area (TPSA) is 42.7 Å². The van der Waals surface area contributed by atoms with Gasteiger partial charge in [-0.05, 0) is 50.1 Å². The molecule has 1 fully saturated rings. The Balaban J connectivity index is 2.04. The molecule has 1 aromatic heterocycles. The molecular formula is C16H30N4. The summed E-state index contributed by atoms with van der Waals surface area (Å²) in [6.45, 7) is 8.97. The first-order valence-corrected chi connectivity index (χ1v) is 8.11. The third kappa shape index (κ3) is 4.05. The van der Waals surface area contributed by atoms with Crippen molar-refractivity contribution in [3.63, 3.8) is 0 Å². The molecule has 1 saturated carbocycles. The van der Waals surface area contributed by atoms with E-state index in [4.69, 9.17) is 0 Å². The highest BCUT2D eigenvalue weighted by Gasteiger charge is 2.29. The van der Waals surface area contributed by atoms with Crippen LogP contribution in [-0.2, 0) is 13.0 Å². The summed E-state index contributed by atoms with van der Waals surface area (Å²) in [5, 5.41) is 7.77. The van der Waals surface area contributed by atoms with Crippen LogP contribution in [0.4, 0.5) is 0 Å². The first kappa shape index (κ1) is 15.5. The minimum absolute atomic E-state index is 0.619. The molecule has 0 saturated heterocycles. The van der Waals surface area contributed by atoms with E-state index in [1.54, 1.807) is 6.33 Å². The average molecular weight is 278 g/mol.